The predicted molar refractivity (Wildman–Crippen MR) is 82.6 cm³/mol. The molecule has 0 fully saturated rings. The summed E-state index contributed by atoms with van der Waals surface area (Å²) in [6.45, 7) is 4.70. The molecule has 0 saturated carbocycles. The number of halogens is 2. The van der Waals surface area contributed by atoms with Crippen molar-refractivity contribution in [1.82, 2.24) is 10.6 Å². The number of hydrogen-bond donors (Lipinski definition) is 2. The number of nitrogens with one attached hydrogen (secondary N) is 2. The highest BCUT2D eigenvalue weighted by Crippen LogP contribution is 2.32. The third-order valence-corrected chi connectivity index (χ3v) is 2.98. The standard InChI is InChI=1S/C14H20Cl2N2O2/c1-9(2)18-13(19)4-5-20-14-10(8-17-3)6-11(15)7-12(14)16/h6-7,9,17H,4-5,8H2,1-3H3,(H,18,19). The Balaban J connectivity index is 2.65. The van der Waals surface area contributed by atoms with Gasteiger partial charge in [0.1, 0.15) is 5.75 Å². The van der Waals surface area contributed by atoms with Crippen molar-refractivity contribution in [3.05, 3.63) is 27.7 Å². The van der Waals surface area contributed by atoms with Gasteiger partial charge in [0.15, 0.2) is 0 Å². The van der Waals surface area contributed by atoms with Crippen molar-refractivity contribution < 1.29 is 9.53 Å². The van der Waals surface area contributed by atoms with Gasteiger partial charge < -0.3 is 15.4 Å². The molecule has 0 saturated heterocycles. The van der Waals surface area contributed by atoms with Gasteiger partial charge in [-0.25, -0.2) is 0 Å². The van der Waals surface area contributed by atoms with Crippen LogP contribution in [-0.2, 0) is 11.3 Å². The number of ether oxygens (including phenoxy) is 1. The Bertz CT molecular complexity index is 465. The molecule has 0 radical (unpaired) electrons. The molecule has 0 bridgehead atoms. The normalized spacial score (nSPS) is 10.7. The van der Waals surface area contributed by atoms with E-state index in [0.717, 1.165) is 5.56 Å². The molecule has 0 aliphatic carbocycles. The Hall–Kier alpha value is -0.970. The van der Waals surface area contributed by atoms with E-state index in [9.17, 15) is 4.79 Å². The maximum atomic E-state index is 11.5. The predicted octanol–water partition coefficient (Wildman–Crippen LogP) is 3.01. The van der Waals surface area contributed by atoms with E-state index in [1.165, 1.54) is 0 Å². The van der Waals surface area contributed by atoms with Gasteiger partial charge in [-0.1, -0.05) is 23.2 Å². The lowest BCUT2D eigenvalue weighted by molar-refractivity contribution is -0.122. The molecular formula is C14H20Cl2N2O2. The topological polar surface area (TPSA) is 50.4 Å². The van der Waals surface area contributed by atoms with E-state index in [1.54, 1.807) is 12.1 Å². The minimum Gasteiger partial charge on any atom is -0.491 e. The fraction of sp³-hybridized carbons (Fsp3) is 0.500. The molecule has 0 unspecified atom stereocenters. The van der Waals surface area contributed by atoms with E-state index in [0.29, 0.717) is 22.3 Å². The van der Waals surface area contributed by atoms with Crippen molar-refractivity contribution in [3.8, 4) is 5.75 Å². The third-order valence-electron chi connectivity index (χ3n) is 2.48. The molecule has 0 aromatic heterocycles. The first kappa shape index (κ1) is 17.1. The van der Waals surface area contributed by atoms with Gasteiger partial charge in [-0.2, -0.15) is 0 Å². The Labute approximate surface area is 129 Å². The second-order valence-electron chi connectivity index (χ2n) is 4.73. The number of carbonyl (C=O) groups is 1. The lowest BCUT2D eigenvalue weighted by Crippen LogP contribution is -2.31. The van der Waals surface area contributed by atoms with Crippen LogP contribution in [0.3, 0.4) is 0 Å². The number of amides is 1. The number of carbonyl (C=O) groups excluding carboxylic acids is 1. The number of benzene rings is 1. The summed E-state index contributed by atoms with van der Waals surface area (Å²) >= 11 is 12.1. The number of rotatable bonds is 7. The molecule has 1 aromatic rings. The first-order valence-corrected chi connectivity index (χ1v) is 7.24. The highest BCUT2D eigenvalue weighted by atomic mass is 35.5. The van der Waals surface area contributed by atoms with Crippen molar-refractivity contribution in [1.29, 1.82) is 0 Å². The van der Waals surface area contributed by atoms with E-state index in [-0.39, 0.29) is 25.0 Å². The monoisotopic (exact) mass is 318 g/mol. The minimum atomic E-state index is -0.0414. The summed E-state index contributed by atoms with van der Waals surface area (Å²) in [4.78, 5) is 11.5. The Morgan fingerprint density at radius 2 is 2.05 bits per heavy atom. The first-order valence-electron chi connectivity index (χ1n) is 6.48. The fourth-order valence-electron chi connectivity index (χ4n) is 1.74. The molecule has 4 nitrogen and oxygen atoms in total. The van der Waals surface area contributed by atoms with Gasteiger partial charge in [-0.05, 0) is 33.0 Å². The van der Waals surface area contributed by atoms with Crippen molar-refractivity contribution in [2.75, 3.05) is 13.7 Å². The van der Waals surface area contributed by atoms with Crippen LogP contribution >= 0.6 is 23.2 Å². The SMILES string of the molecule is CNCc1cc(Cl)cc(Cl)c1OCCC(=O)NC(C)C. The zero-order valence-corrected chi connectivity index (χ0v) is 13.4. The van der Waals surface area contributed by atoms with Crippen molar-refractivity contribution in [2.45, 2.75) is 32.9 Å². The Kier molecular flexibility index (Phi) is 7.13. The zero-order chi connectivity index (χ0) is 15.1. The Morgan fingerprint density at radius 1 is 1.35 bits per heavy atom. The van der Waals surface area contributed by atoms with Gasteiger partial charge in [0.2, 0.25) is 5.91 Å². The van der Waals surface area contributed by atoms with E-state index < -0.39 is 0 Å². The molecule has 20 heavy (non-hydrogen) atoms. The molecule has 0 atom stereocenters. The summed E-state index contributed by atoms with van der Waals surface area (Å²) in [7, 11) is 1.83. The number of hydrogen-bond acceptors (Lipinski definition) is 3. The van der Waals surface area contributed by atoms with E-state index in [4.69, 9.17) is 27.9 Å². The average molecular weight is 319 g/mol. The quantitative estimate of drug-likeness (QED) is 0.812. The van der Waals surface area contributed by atoms with Gasteiger partial charge in [0.05, 0.1) is 18.1 Å². The molecule has 6 heteroatoms. The summed E-state index contributed by atoms with van der Waals surface area (Å²) in [6, 6.07) is 3.56. The lowest BCUT2D eigenvalue weighted by atomic mass is 10.2. The molecule has 0 aliphatic rings. The van der Waals surface area contributed by atoms with E-state index >= 15 is 0 Å². The molecule has 1 rings (SSSR count). The van der Waals surface area contributed by atoms with Gasteiger partial charge in [0.25, 0.3) is 0 Å². The van der Waals surface area contributed by atoms with E-state index in [2.05, 4.69) is 10.6 Å². The maximum Gasteiger partial charge on any atom is 0.223 e. The van der Waals surface area contributed by atoms with Crippen LogP contribution < -0.4 is 15.4 Å². The van der Waals surface area contributed by atoms with Crippen LogP contribution in [0, 0.1) is 0 Å². The molecule has 0 aliphatic heterocycles. The average Bonchev–Trinajstić information content (AvgIpc) is 2.31. The molecule has 0 spiro atoms. The summed E-state index contributed by atoms with van der Waals surface area (Å²) in [6.07, 6.45) is 0.288. The van der Waals surface area contributed by atoms with Crippen molar-refractivity contribution in [3.63, 3.8) is 0 Å². The van der Waals surface area contributed by atoms with Crippen LogP contribution in [0.5, 0.6) is 5.75 Å². The van der Waals surface area contributed by atoms with Crippen LogP contribution in [0.1, 0.15) is 25.8 Å². The zero-order valence-electron chi connectivity index (χ0n) is 11.9. The van der Waals surface area contributed by atoms with Crippen molar-refractivity contribution >= 4 is 29.1 Å². The van der Waals surface area contributed by atoms with Crippen LogP contribution in [0.15, 0.2) is 12.1 Å². The van der Waals surface area contributed by atoms with Crippen molar-refractivity contribution in [2.24, 2.45) is 0 Å². The molecule has 1 aromatic carbocycles. The molecule has 2 N–H and O–H groups in total. The highest BCUT2D eigenvalue weighted by Gasteiger charge is 2.11. The summed E-state index contributed by atoms with van der Waals surface area (Å²) in [5, 5.41) is 6.85. The van der Waals surface area contributed by atoms with Gasteiger partial charge in [-0.15, -0.1) is 0 Å². The highest BCUT2D eigenvalue weighted by molar-refractivity contribution is 6.35. The largest absolute Gasteiger partial charge is 0.491 e. The van der Waals surface area contributed by atoms with Gasteiger partial charge in [-0.3, -0.25) is 4.79 Å². The van der Waals surface area contributed by atoms with Crippen LogP contribution in [0.2, 0.25) is 10.0 Å². The molecule has 0 heterocycles. The van der Waals surface area contributed by atoms with Gasteiger partial charge >= 0.3 is 0 Å². The lowest BCUT2D eigenvalue weighted by Gasteiger charge is -2.14. The van der Waals surface area contributed by atoms with E-state index in [1.807, 2.05) is 20.9 Å². The van der Waals surface area contributed by atoms with Gasteiger partial charge in [0, 0.05) is 23.2 Å². The van der Waals surface area contributed by atoms with Crippen LogP contribution in [-0.4, -0.2) is 25.6 Å². The second-order valence-corrected chi connectivity index (χ2v) is 5.57. The third kappa shape index (κ3) is 5.57. The van der Waals surface area contributed by atoms with Crippen LogP contribution in [0.4, 0.5) is 0 Å². The summed E-state index contributed by atoms with van der Waals surface area (Å²) in [5.41, 5.74) is 0.870. The first-order chi connectivity index (χ1) is 9.43. The summed E-state index contributed by atoms with van der Waals surface area (Å²) in [5.74, 6) is 0.531. The molecule has 1 amide bonds. The smallest absolute Gasteiger partial charge is 0.223 e. The summed E-state index contributed by atoms with van der Waals surface area (Å²) < 4.78 is 5.64. The molecular weight excluding hydrogens is 299 g/mol. The van der Waals surface area contributed by atoms with Crippen LogP contribution in [0.25, 0.3) is 0 Å². The molecule has 112 valence electrons. The maximum absolute atomic E-state index is 11.5. The second kappa shape index (κ2) is 8.35. The minimum absolute atomic E-state index is 0.0414. The fourth-order valence-corrected chi connectivity index (χ4v) is 2.33. The Morgan fingerprint density at radius 3 is 2.65 bits per heavy atom.